The first-order valence-corrected chi connectivity index (χ1v) is 4.64. The van der Waals surface area contributed by atoms with Crippen LogP contribution in [0.5, 0.6) is 0 Å². The fraction of sp³-hybridized carbons (Fsp3) is 0.125. The zero-order valence-electron chi connectivity index (χ0n) is 5.86. The van der Waals surface area contributed by atoms with Gasteiger partial charge >= 0.3 is 0 Å². The zero-order chi connectivity index (χ0) is 8.10. The standard InChI is InChI=1S/C8H8OS2/c9-6-8-4-3-7(11-8)2-1-5-10/h1-4,6,10H,5H2. The fourth-order valence-corrected chi connectivity index (χ4v) is 1.55. The molecule has 0 N–H and O–H groups in total. The topological polar surface area (TPSA) is 17.1 Å². The molecule has 0 bridgehead atoms. The molecule has 0 spiro atoms. The van der Waals surface area contributed by atoms with Crippen molar-refractivity contribution in [1.29, 1.82) is 0 Å². The molecule has 1 aromatic heterocycles. The van der Waals surface area contributed by atoms with Crippen molar-refractivity contribution in [3.05, 3.63) is 28.0 Å². The molecule has 0 unspecified atom stereocenters. The Morgan fingerprint density at radius 1 is 1.45 bits per heavy atom. The normalized spacial score (nSPS) is 10.6. The summed E-state index contributed by atoms with van der Waals surface area (Å²) in [4.78, 5) is 12.1. The van der Waals surface area contributed by atoms with E-state index in [4.69, 9.17) is 0 Å². The van der Waals surface area contributed by atoms with Crippen molar-refractivity contribution in [3.8, 4) is 0 Å². The third-order valence-electron chi connectivity index (χ3n) is 1.15. The molecule has 3 heteroatoms. The molecule has 0 atom stereocenters. The minimum absolute atomic E-state index is 0.730. The van der Waals surface area contributed by atoms with E-state index in [1.54, 1.807) is 0 Å². The summed E-state index contributed by atoms with van der Waals surface area (Å²) >= 11 is 5.51. The SMILES string of the molecule is O=Cc1ccc(C=CCS)s1. The van der Waals surface area contributed by atoms with E-state index in [0.717, 1.165) is 21.8 Å². The monoisotopic (exact) mass is 184 g/mol. The van der Waals surface area contributed by atoms with Crippen LogP contribution in [0.15, 0.2) is 18.2 Å². The maximum atomic E-state index is 10.3. The van der Waals surface area contributed by atoms with Crippen LogP contribution in [0, 0.1) is 0 Å². The van der Waals surface area contributed by atoms with E-state index >= 15 is 0 Å². The van der Waals surface area contributed by atoms with Crippen LogP contribution in [-0.4, -0.2) is 12.0 Å². The summed E-state index contributed by atoms with van der Waals surface area (Å²) in [5.41, 5.74) is 0. The fourth-order valence-electron chi connectivity index (χ4n) is 0.690. The Bertz CT molecular complexity index is 263. The van der Waals surface area contributed by atoms with Gasteiger partial charge in [0.05, 0.1) is 4.88 Å². The minimum Gasteiger partial charge on any atom is -0.297 e. The Kier molecular flexibility index (Phi) is 3.39. The lowest BCUT2D eigenvalue weighted by atomic mass is 10.4. The van der Waals surface area contributed by atoms with Gasteiger partial charge in [-0.3, -0.25) is 4.79 Å². The Morgan fingerprint density at radius 3 is 2.73 bits per heavy atom. The molecule has 0 aliphatic carbocycles. The summed E-state index contributed by atoms with van der Waals surface area (Å²) < 4.78 is 0. The summed E-state index contributed by atoms with van der Waals surface area (Å²) in [5, 5.41) is 0. The van der Waals surface area contributed by atoms with Crippen molar-refractivity contribution < 1.29 is 4.79 Å². The van der Waals surface area contributed by atoms with E-state index in [1.165, 1.54) is 11.3 Å². The Balaban J connectivity index is 2.72. The van der Waals surface area contributed by atoms with Gasteiger partial charge in [-0.15, -0.1) is 11.3 Å². The highest BCUT2D eigenvalue weighted by molar-refractivity contribution is 7.80. The van der Waals surface area contributed by atoms with Crippen LogP contribution >= 0.6 is 24.0 Å². The molecule has 11 heavy (non-hydrogen) atoms. The van der Waals surface area contributed by atoms with E-state index in [0.29, 0.717) is 0 Å². The van der Waals surface area contributed by atoms with E-state index < -0.39 is 0 Å². The van der Waals surface area contributed by atoms with Gasteiger partial charge < -0.3 is 0 Å². The molecule has 0 saturated heterocycles. The molecule has 0 aliphatic rings. The van der Waals surface area contributed by atoms with Crippen molar-refractivity contribution in [3.63, 3.8) is 0 Å². The number of carbonyl (C=O) groups is 1. The number of rotatable bonds is 3. The second-order valence-electron chi connectivity index (χ2n) is 1.94. The molecule has 0 aromatic carbocycles. The van der Waals surface area contributed by atoms with E-state index in [9.17, 15) is 4.79 Å². The average Bonchev–Trinajstić information content (AvgIpc) is 2.48. The Labute approximate surface area is 75.2 Å². The highest BCUT2D eigenvalue weighted by Crippen LogP contribution is 2.15. The van der Waals surface area contributed by atoms with Crippen LogP contribution in [-0.2, 0) is 0 Å². The van der Waals surface area contributed by atoms with E-state index in [2.05, 4.69) is 12.6 Å². The van der Waals surface area contributed by atoms with Crippen LogP contribution in [0.2, 0.25) is 0 Å². The van der Waals surface area contributed by atoms with Crippen molar-refractivity contribution in [2.24, 2.45) is 0 Å². The second-order valence-corrected chi connectivity index (χ2v) is 3.46. The molecule has 1 rings (SSSR count). The molecule has 0 saturated carbocycles. The number of thiophene rings is 1. The summed E-state index contributed by atoms with van der Waals surface area (Å²) in [6.07, 6.45) is 4.77. The average molecular weight is 184 g/mol. The smallest absolute Gasteiger partial charge is 0.160 e. The van der Waals surface area contributed by atoms with Crippen LogP contribution < -0.4 is 0 Å². The molecule has 0 amide bonds. The molecule has 1 nitrogen and oxygen atoms in total. The van der Waals surface area contributed by atoms with Gasteiger partial charge in [0.15, 0.2) is 6.29 Å². The molecule has 1 heterocycles. The maximum absolute atomic E-state index is 10.3. The van der Waals surface area contributed by atoms with Crippen LogP contribution in [0.3, 0.4) is 0 Å². The molecular formula is C8H8OS2. The lowest BCUT2D eigenvalue weighted by Crippen LogP contribution is -1.62. The number of hydrogen-bond acceptors (Lipinski definition) is 3. The minimum atomic E-state index is 0.730. The highest BCUT2D eigenvalue weighted by Gasteiger charge is 1.93. The first kappa shape index (κ1) is 8.56. The van der Waals surface area contributed by atoms with Gasteiger partial charge in [-0.2, -0.15) is 12.6 Å². The van der Waals surface area contributed by atoms with E-state index in [-0.39, 0.29) is 0 Å². The highest BCUT2D eigenvalue weighted by atomic mass is 32.1. The third kappa shape index (κ3) is 2.52. The van der Waals surface area contributed by atoms with Crippen molar-refractivity contribution in [1.82, 2.24) is 0 Å². The maximum Gasteiger partial charge on any atom is 0.160 e. The molecule has 1 aromatic rings. The lowest BCUT2D eigenvalue weighted by molar-refractivity contribution is 0.112. The number of aldehydes is 1. The molecule has 0 aliphatic heterocycles. The third-order valence-corrected chi connectivity index (χ3v) is 2.34. The van der Waals surface area contributed by atoms with Crippen LogP contribution in [0.4, 0.5) is 0 Å². The van der Waals surface area contributed by atoms with Crippen molar-refractivity contribution in [2.45, 2.75) is 0 Å². The first-order valence-electron chi connectivity index (χ1n) is 3.19. The number of hydrogen-bond donors (Lipinski definition) is 1. The second kappa shape index (κ2) is 4.36. The molecule has 58 valence electrons. The summed E-state index contributed by atoms with van der Waals surface area (Å²) in [6.45, 7) is 0. The number of carbonyl (C=O) groups excluding carboxylic acids is 1. The van der Waals surface area contributed by atoms with Gasteiger partial charge in [-0.05, 0) is 18.2 Å². The van der Waals surface area contributed by atoms with Crippen molar-refractivity contribution in [2.75, 3.05) is 5.75 Å². The molecular weight excluding hydrogens is 176 g/mol. The Morgan fingerprint density at radius 2 is 2.18 bits per heavy atom. The van der Waals surface area contributed by atoms with Crippen molar-refractivity contribution >= 4 is 36.3 Å². The predicted octanol–water partition coefficient (Wildman–Crippen LogP) is 2.50. The lowest BCUT2D eigenvalue weighted by Gasteiger charge is -1.79. The van der Waals surface area contributed by atoms with Gasteiger partial charge in [0.1, 0.15) is 0 Å². The zero-order valence-corrected chi connectivity index (χ0v) is 7.57. The van der Waals surface area contributed by atoms with Gasteiger partial charge in [-0.1, -0.05) is 6.08 Å². The van der Waals surface area contributed by atoms with Gasteiger partial charge in [0.25, 0.3) is 0 Å². The van der Waals surface area contributed by atoms with Gasteiger partial charge in [0, 0.05) is 10.6 Å². The Hall–Kier alpha value is -0.540. The predicted molar refractivity (Wildman–Crippen MR) is 52.6 cm³/mol. The summed E-state index contributed by atoms with van der Waals surface area (Å²) in [6, 6.07) is 3.74. The van der Waals surface area contributed by atoms with Crippen LogP contribution in [0.25, 0.3) is 6.08 Å². The van der Waals surface area contributed by atoms with Crippen LogP contribution in [0.1, 0.15) is 14.5 Å². The molecule has 0 fully saturated rings. The molecule has 0 radical (unpaired) electrons. The van der Waals surface area contributed by atoms with Gasteiger partial charge in [-0.25, -0.2) is 0 Å². The van der Waals surface area contributed by atoms with Gasteiger partial charge in [0.2, 0.25) is 0 Å². The first-order chi connectivity index (χ1) is 5.36. The largest absolute Gasteiger partial charge is 0.297 e. The summed E-state index contributed by atoms with van der Waals surface area (Å²) in [5.74, 6) is 0.730. The van der Waals surface area contributed by atoms with E-state index in [1.807, 2.05) is 24.3 Å². The number of thiol groups is 1. The quantitative estimate of drug-likeness (QED) is 0.564. The summed E-state index contributed by atoms with van der Waals surface area (Å²) in [7, 11) is 0.